The minimum atomic E-state index is -4.11. The number of hydrogen-bond donors (Lipinski definition) is 2. The molecule has 0 radical (unpaired) electrons. The number of benzene rings is 2. The average Bonchev–Trinajstić information content (AvgIpc) is 2.43. The average molecular weight is 312 g/mol. The summed E-state index contributed by atoms with van der Waals surface area (Å²) >= 11 is 0. The molecule has 3 N–H and O–H groups in total. The van der Waals surface area contributed by atoms with Crippen LogP contribution in [0.4, 0.5) is 14.5 Å². The highest BCUT2D eigenvalue weighted by molar-refractivity contribution is 7.89. The van der Waals surface area contributed by atoms with Crippen LogP contribution in [0, 0.1) is 18.6 Å². The van der Waals surface area contributed by atoms with Gasteiger partial charge in [0.25, 0.3) is 0 Å². The Morgan fingerprint density at radius 3 is 2.57 bits per heavy atom. The van der Waals surface area contributed by atoms with Crippen molar-refractivity contribution >= 4 is 15.7 Å². The summed E-state index contributed by atoms with van der Waals surface area (Å²) in [7, 11) is -4.11. The molecule has 2 aromatic carbocycles. The number of nitrogens with two attached hydrogens (primary N) is 1. The van der Waals surface area contributed by atoms with Crippen LogP contribution >= 0.6 is 0 Å². The van der Waals surface area contributed by atoms with Crippen molar-refractivity contribution in [2.24, 2.45) is 0 Å². The van der Waals surface area contributed by atoms with Crippen molar-refractivity contribution < 1.29 is 17.2 Å². The van der Waals surface area contributed by atoms with E-state index in [4.69, 9.17) is 5.73 Å². The molecule has 0 amide bonds. The minimum Gasteiger partial charge on any atom is -0.394 e. The van der Waals surface area contributed by atoms with Crippen molar-refractivity contribution in [2.45, 2.75) is 18.4 Å². The van der Waals surface area contributed by atoms with Crippen molar-refractivity contribution in [1.29, 1.82) is 0 Å². The highest BCUT2D eigenvalue weighted by Crippen LogP contribution is 2.22. The minimum absolute atomic E-state index is 0.000729. The van der Waals surface area contributed by atoms with Crippen molar-refractivity contribution in [1.82, 2.24) is 4.72 Å². The molecule has 21 heavy (non-hydrogen) atoms. The Morgan fingerprint density at radius 1 is 1.19 bits per heavy atom. The van der Waals surface area contributed by atoms with Crippen LogP contribution in [-0.4, -0.2) is 8.42 Å². The van der Waals surface area contributed by atoms with E-state index in [0.717, 1.165) is 23.3 Å². The second kappa shape index (κ2) is 5.79. The topological polar surface area (TPSA) is 72.2 Å². The van der Waals surface area contributed by atoms with Gasteiger partial charge in [0.05, 0.1) is 0 Å². The maximum atomic E-state index is 13.8. The van der Waals surface area contributed by atoms with Gasteiger partial charge in [-0.3, -0.25) is 0 Å². The van der Waals surface area contributed by atoms with E-state index in [1.54, 1.807) is 18.2 Å². The molecule has 0 aliphatic carbocycles. The Kier molecular flexibility index (Phi) is 4.24. The zero-order valence-corrected chi connectivity index (χ0v) is 12.0. The summed E-state index contributed by atoms with van der Waals surface area (Å²) in [6, 6.07) is 8.87. The predicted molar refractivity (Wildman–Crippen MR) is 76.0 cm³/mol. The zero-order chi connectivity index (χ0) is 15.6. The number of aryl methyl sites for hydroxylation is 1. The predicted octanol–water partition coefficient (Wildman–Crippen LogP) is 2.33. The summed E-state index contributed by atoms with van der Waals surface area (Å²) in [5, 5.41) is 0. The summed E-state index contributed by atoms with van der Waals surface area (Å²) in [4.78, 5) is -0.672. The zero-order valence-electron chi connectivity index (χ0n) is 11.2. The van der Waals surface area contributed by atoms with E-state index >= 15 is 0 Å². The Labute approximate surface area is 121 Å². The first-order chi connectivity index (χ1) is 9.81. The molecule has 2 aromatic rings. The maximum Gasteiger partial charge on any atom is 0.243 e. The molecule has 4 nitrogen and oxygen atoms in total. The normalized spacial score (nSPS) is 11.6. The van der Waals surface area contributed by atoms with Crippen molar-refractivity contribution in [3.63, 3.8) is 0 Å². The Balaban J connectivity index is 2.25. The second-order valence-electron chi connectivity index (χ2n) is 4.59. The number of rotatable bonds is 4. The smallest absolute Gasteiger partial charge is 0.243 e. The quantitative estimate of drug-likeness (QED) is 0.851. The fourth-order valence-corrected chi connectivity index (χ4v) is 2.94. The van der Waals surface area contributed by atoms with Crippen LogP contribution in [0.15, 0.2) is 41.3 Å². The largest absolute Gasteiger partial charge is 0.394 e. The van der Waals surface area contributed by atoms with Crippen LogP contribution in [0.25, 0.3) is 0 Å². The summed E-state index contributed by atoms with van der Waals surface area (Å²) in [5.74, 6) is -2.28. The summed E-state index contributed by atoms with van der Waals surface area (Å²) in [6.45, 7) is 1.87. The van der Waals surface area contributed by atoms with E-state index in [1.807, 2.05) is 13.0 Å². The first-order valence-corrected chi connectivity index (χ1v) is 7.58. The number of halogens is 2. The number of nitrogen functional groups attached to an aromatic ring is 1. The van der Waals surface area contributed by atoms with Crippen LogP contribution < -0.4 is 10.5 Å². The van der Waals surface area contributed by atoms with E-state index in [1.165, 1.54) is 0 Å². The van der Waals surface area contributed by atoms with Gasteiger partial charge in [-0.05, 0) is 24.6 Å². The van der Waals surface area contributed by atoms with Crippen LogP contribution in [0.3, 0.4) is 0 Å². The third-order valence-corrected chi connectivity index (χ3v) is 4.35. The third-order valence-electron chi connectivity index (χ3n) is 2.93. The van der Waals surface area contributed by atoms with E-state index < -0.39 is 32.2 Å². The molecule has 0 aromatic heterocycles. The number of hydrogen-bond acceptors (Lipinski definition) is 3. The highest BCUT2D eigenvalue weighted by Gasteiger charge is 2.22. The fourth-order valence-electron chi connectivity index (χ4n) is 1.84. The standard InChI is InChI=1S/C14H14F2N2O2S/c1-9-3-2-4-10(7-9)8-18-21(19,20)12-6-5-11(15)14(17)13(12)16/h2-7,18H,8,17H2,1H3. The van der Waals surface area contributed by atoms with Gasteiger partial charge in [-0.15, -0.1) is 0 Å². The molecule has 0 spiro atoms. The Bertz CT molecular complexity index is 777. The van der Waals surface area contributed by atoms with Crippen LogP contribution in [0.2, 0.25) is 0 Å². The van der Waals surface area contributed by atoms with E-state index in [0.29, 0.717) is 0 Å². The van der Waals surface area contributed by atoms with Gasteiger partial charge >= 0.3 is 0 Å². The molecular formula is C14H14F2N2O2S. The van der Waals surface area contributed by atoms with Crippen molar-refractivity contribution in [3.8, 4) is 0 Å². The second-order valence-corrected chi connectivity index (χ2v) is 6.32. The molecule has 0 saturated carbocycles. The SMILES string of the molecule is Cc1cccc(CNS(=O)(=O)c2ccc(F)c(N)c2F)c1. The molecule has 112 valence electrons. The van der Waals surface area contributed by atoms with E-state index in [-0.39, 0.29) is 6.54 Å². The molecule has 0 aliphatic rings. The lowest BCUT2D eigenvalue weighted by atomic mass is 10.1. The van der Waals surface area contributed by atoms with E-state index in [2.05, 4.69) is 4.72 Å². The number of anilines is 1. The van der Waals surface area contributed by atoms with Gasteiger partial charge in [-0.25, -0.2) is 21.9 Å². The van der Waals surface area contributed by atoms with Crippen molar-refractivity contribution in [3.05, 3.63) is 59.2 Å². The van der Waals surface area contributed by atoms with Gasteiger partial charge in [0.1, 0.15) is 16.4 Å². The Morgan fingerprint density at radius 2 is 1.90 bits per heavy atom. The molecule has 7 heteroatoms. The Hall–Kier alpha value is -1.99. The van der Waals surface area contributed by atoms with Crippen molar-refractivity contribution in [2.75, 3.05) is 5.73 Å². The lowest BCUT2D eigenvalue weighted by molar-refractivity contribution is 0.548. The number of sulfonamides is 1. The molecule has 0 heterocycles. The molecule has 0 fully saturated rings. The van der Waals surface area contributed by atoms with Gasteiger partial charge in [0, 0.05) is 6.54 Å². The van der Waals surface area contributed by atoms with Gasteiger partial charge < -0.3 is 5.73 Å². The summed E-state index contributed by atoms with van der Waals surface area (Å²) in [6.07, 6.45) is 0. The first kappa shape index (κ1) is 15.4. The summed E-state index contributed by atoms with van der Waals surface area (Å²) < 4.78 is 53.2. The van der Waals surface area contributed by atoms with Crippen LogP contribution in [0.5, 0.6) is 0 Å². The summed E-state index contributed by atoms with van der Waals surface area (Å²) in [5.41, 5.74) is 6.06. The van der Waals surface area contributed by atoms with Crippen LogP contribution in [0.1, 0.15) is 11.1 Å². The maximum absolute atomic E-state index is 13.8. The third kappa shape index (κ3) is 3.37. The molecule has 0 atom stereocenters. The van der Waals surface area contributed by atoms with Gasteiger partial charge in [-0.2, -0.15) is 0 Å². The van der Waals surface area contributed by atoms with Gasteiger partial charge in [0.15, 0.2) is 5.82 Å². The number of nitrogens with one attached hydrogen (secondary N) is 1. The lowest BCUT2D eigenvalue weighted by Crippen LogP contribution is -2.24. The van der Waals surface area contributed by atoms with Crippen LogP contribution in [-0.2, 0) is 16.6 Å². The molecule has 0 aliphatic heterocycles. The molecule has 0 bridgehead atoms. The highest BCUT2D eigenvalue weighted by atomic mass is 32.2. The molecule has 2 rings (SSSR count). The lowest BCUT2D eigenvalue weighted by Gasteiger charge is -2.09. The monoisotopic (exact) mass is 312 g/mol. The molecule has 0 saturated heterocycles. The first-order valence-electron chi connectivity index (χ1n) is 6.10. The molecular weight excluding hydrogens is 298 g/mol. The fraction of sp³-hybridized carbons (Fsp3) is 0.143. The van der Waals surface area contributed by atoms with Gasteiger partial charge in [-0.1, -0.05) is 29.8 Å². The van der Waals surface area contributed by atoms with E-state index in [9.17, 15) is 17.2 Å². The molecule has 0 unspecified atom stereocenters. The van der Waals surface area contributed by atoms with Gasteiger partial charge in [0.2, 0.25) is 10.0 Å².